The van der Waals surface area contributed by atoms with Crippen molar-refractivity contribution in [3.8, 4) is 0 Å². The number of esters is 1. The van der Waals surface area contributed by atoms with E-state index in [0.717, 1.165) is 0 Å². The summed E-state index contributed by atoms with van der Waals surface area (Å²) in [7, 11) is -2.15. The molecule has 0 spiro atoms. The van der Waals surface area contributed by atoms with Crippen LogP contribution in [0.5, 0.6) is 0 Å². The number of benzene rings is 1. The molecule has 3 rings (SSSR count). The zero-order valence-electron chi connectivity index (χ0n) is 14.2. The van der Waals surface area contributed by atoms with Crippen LogP contribution in [-0.4, -0.2) is 56.9 Å². The van der Waals surface area contributed by atoms with Gasteiger partial charge in [0.25, 0.3) is 10.0 Å². The molecule has 0 amide bonds. The number of carbonyl (C=O) groups excluding carboxylic acids is 1. The monoisotopic (exact) mass is 414 g/mol. The van der Waals surface area contributed by atoms with Crippen LogP contribution in [0.3, 0.4) is 0 Å². The van der Waals surface area contributed by atoms with Gasteiger partial charge in [0.15, 0.2) is 0 Å². The predicted molar refractivity (Wildman–Crippen MR) is 101 cm³/mol. The Labute approximate surface area is 162 Å². The van der Waals surface area contributed by atoms with Crippen LogP contribution >= 0.6 is 22.9 Å². The molecule has 1 aliphatic heterocycles. The highest BCUT2D eigenvalue weighted by atomic mass is 35.5. The minimum Gasteiger partial charge on any atom is -0.468 e. The molecule has 0 radical (unpaired) electrons. The summed E-state index contributed by atoms with van der Waals surface area (Å²) >= 11 is 7.47. The second-order valence-electron chi connectivity index (χ2n) is 5.82. The van der Waals surface area contributed by atoms with Gasteiger partial charge < -0.3 is 4.74 Å². The summed E-state index contributed by atoms with van der Waals surface area (Å²) in [5, 5.41) is 2.23. The number of piperazine rings is 1. The summed E-state index contributed by atoms with van der Waals surface area (Å²) in [6, 6.07) is 9.80. The van der Waals surface area contributed by atoms with Gasteiger partial charge in [-0.1, -0.05) is 35.9 Å². The second-order valence-corrected chi connectivity index (χ2v) is 9.34. The average Bonchev–Trinajstić information content (AvgIpc) is 3.19. The van der Waals surface area contributed by atoms with Crippen LogP contribution in [0.4, 0.5) is 0 Å². The average molecular weight is 415 g/mol. The van der Waals surface area contributed by atoms with Crippen LogP contribution in [0, 0.1) is 0 Å². The first-order valence-electron chi connectivity index (χ1n) is 8.05. The summed E-state index contributed by atoms with van der Waals surface area (Å²) in [5.41, 5.74) is 0.663. The van der Waals surface area contributed by atoms with Crippen LogP contribution in [0.25, 0.3) is 0 Å². The summed E-state index contributed by atoms with van der Waals surface area (Å²) in [4.78, 5) is 14.3. The van der Waals surface area contributed by atoms with Gasteiger partial charge in [-0.3, -0.25) is 4.90 Å². The molecule has 1 unspecified atom stereocenters. The molecule has 1 aromatic carbocycles. The van der Waals surface area contributed by atoms with Crippen molar-refractivity contribution in [3.63, 3.8) is 0 Å². The van der Waals surface area contributed by atoms with Crippen LogP contribution < -0.4 is 0 Å². The lowest BCUT2D eigenvalue weighted by atomic mass is 10.0. The van der Waals surface area contributed by atoms with E-state index in [0.29, 0.717) is 41.0 Å². The lowest BCUT2D eigenvalue weighted by Crippen LogP contribution is -2.51. The number of ether oxygens (including phenoxy) is 1. The van der Waals surface area contributed by atoms with Gasteiger partial charge >= 0.3 is 5.97 Å². The zero-order chi connectivity index (χ0) is 18.7. The Hall–Kier alpha value is -1.45. The normalized spacial score (nSPS) is 17.8. The Morgan fingerprint density at radius 1 is 1.15 bits per heavy atom. The van der Waals surface area contributed by atoms with Crippen molar-refractivity contribution in [3.05, 3.63) is 52.4 Å². The molecule has 2 aromatic rings. The van der Waals surface area contributed by atoms with Gasteiger partial charge in [0, 0.05) is 31.2 Å². The minimum absolute atomic E-state index is 0.304. The Kier molecular flexibility index (Phi) is 5.99. The molecular formula is C17H19ClN2O4S2. The van der Waals surface area contributed by atoms with Gasteiger partial charge in [0.2, 0.25) is 0 Å². The van der Waals surface area contributed by atoms with Crippen LogP contribution in [0.2, 0.25) is 5.02 Å². The minimum atomic E-state index is -3.48. The van der Waals surface area contributed by atoms with Crippen molar-refractivity contribution in [1.82, 2.24) is 9.21 Å². The second kappa shape index (κ2) is 8.06. The van der Waals surface area contributed by atoms with E-state index in [1.54, 1.807) is 35.7 Å². The van der Waals surface area contributed by atoms with Gasteiger partial charge in [-0.25, -0.2) is 13.2 Å². The van der Waals surface area contributed by atoms with E-state index in [4.69, 9.17) is 16.3 Å². The molecule has 26 heavy (non-hydrogen) atoms. The SMILES string of the molecule is COC(=O)C(c1ccccc1Cl)N1CCN(S(=O)(=O)c2cccs2)CC1. The number of hydrogen-bond acceptors (Lipinski definition) is 6. The van der Waals surface area contributed by atoms with Crippen molar-refractivity contribution in [2.75, 3.05) is 33.3 Å². The van der Waals surface area contributed by atoms with Crippen molar-refractivity contribution >= 4 is 38.9 Å². The van der Waals surface area contributed by atoms with E-state index in [-0.39, 0.29) is 0 Å². The lowest BCUT2D eigenvalue weighted by Gasteiger charge is -2.37. The van der Waals surface area contributed by atoms with Crippen molar-refractivity contribution in [2.45, 2.75) is 10.3 Å². The highest BCUT2D eigenvalue weighted by molar-refractivity contribution is 7.91. The Balaban J connectivity index is 1.78. The molecule has 9 heteroatoms. The summed E-state index contributed by atoms with van der Waals surface area (Å²) < 4.78 is 32.0. The van der Waals surface area contributed by atoms with E-state index in [9.17, 15) is 13.2 Å². The van der Waals surface area contributed by atoms with Gasteiger partial charge in [0.1, 0.15) is 10.3 Å². The molecule has 0 N–H and O–H groups in total. The highest BCUT2D eigenvalue weighted by Crippen LogP contribution is 2.30. The van der Waals surface area contributed by atoms with Crippen LogP contribution in [0.1, 0.15) is 11.6 Å². The first-order valence-corrected chi connectivity index (χ1v) is 10.7. The van der Waals surface area contributed by atoms with Crippen molar-refractivity contribution in [2.24, 2.45) is 0 Å². The van der Waals surface area contributed by atoms with E-state index >= 15 is 0 Å². The molecule has 1 aliphatic rings. The first-order chi connectivity index (χ1) is 12.4. The molecular weight excluding hydrogens is 396 g/mol. The fourth-order valence-electron chi connectivity index (χ4n) is 3.02. The number of rotatable bonds is 5. The molecule has 0 saturated carbocycles. The number of carbonyl (C=O) groups is 1. The van der Waals surface area contributed by atoms with E-state index in [2.05, 4.69) is 0 Å². The molecule has 1 fully saturated rings. The molecule has 1 atom stereocenters. The third-order valence-electron chi connectivity index (χ3n) is 4.35. The molecule has 1 saturated heterocycles. The Morgan fingerprint density at radius 2 is 1.85 bits per heavy atom. The van der Waals surface area contributed by atoms with E-state index in [1.807, 2.05) is 11.0 Å². The maximum absolute atomic E-state index is 12.6. The van der Waals surface area contributed by atoms with E-state index in [1.165, 1.54) is 22.8 Å². The molecule has 0 bridgehead atoms. The topological polar surface area (TPSA) is 66.9 Å². The fraction of sp³-hybridized carbons (Fsp3) is 0.353. The van der Waals surface area contributed by atoms with Gasteiger partial charge in [-0.15, -0.1) is 11.3 Å². The maximum atomic E-state index is 12.6. The number of thiophene rings is 1. The molecule has 1 aromatic heterocycles. The van der Waals surface area contributed by atoms with Crippen LogP contribution in [0.15, 0.2) is 46.0 Å². The number of nitrogens with zero attached hydrogens (tertiary/aromatic N) is 2. The first kappa shape index (κ1) is 19.3. The van der Waals surface area contributed by atoms with Crippen molar-refractivity contribution < 1.29 is 17.9 Å². The standard InChI is InChI=1S/C17H19ClN2O4S2/c1-24-17(21)16(13-5-2-3-6-14(13)18)19-8-10-20(11-9-19)26(22,23)15-7-4-12-25-15/h2-7,12,16H,8-11H2,1H3. The molecule has 0 aliphatic carbocycles. The lowest BCUT2D eigenvalue weighted by molar-refractivity contribution is -0.147. The molecule has 140 valence electrons. The Morgan fingerprint density at radius 3 is 2.42 bits per heavy atom. The third-order valence-corrected chi connectivity index (χ3v) is 7.97. The van der Waals surface area contributed by atoms with Gasteiger partial charge in [0.05, 0.1) is 7.11 Å². The van der Waals surface area contributed by atoms with Crippen molar-refractivity contribution in [1.29, 1.82) is 0 Å². The van der Waals surface area contributed by atoms with E-state index < -0.39 is 22.0 Å². The van der Waals surface area contributed by atoms with Gasteiger partial charge in [-0.2, -0.15) is 4.31 Å². The predicted octanol–water partition coefficient (Wildman–Crippen LogP) is 2.62. The van der Waals surface area contributed by atoms with Crippen LogP contribution in [-0.2, 0) is 19.6 Å². The third kappa shape index (κ3) is 3.79. The van der Waals surface area contributed by atoms with Gasteiger partial charge in [-0.05, 0) is 23.1 Å². The summed E-state index contributed by atoms with van der Waals surface area (Å²) in [6.07, 6.45) is 0. The maximum Gasteiger partial charge on any atom is 0.327 e. The summed E-state index contributed by atoms with van der Waals surface area (Å²) in [5.74, 6) is -0.410. The smallest absolute Gasteiger partial charge is 0.327 e. The number of methoxy groups -OCH3 is 1. The largest absolute Gasteiger partial charge is 0.468 e. The quantitative estimate of drug-likeness (QED) is 0.703. The number of hydrogen-bond donors (Lipinski definition) is 0. The molecule has 2 heterocycles. The Bertz CT molecular complexity index is 863. The zero-order valence-corrected chi connectivity index (χ0v) is 16.6. The molecule has 6 nitrogen and oxygen atoms in total. The highest BCUT2D eigenvalue weighted by Gasteiger charge is 2.36. The number of sulfonamides is 1. The number of halogens is 1. The fourth-order valence-corrected chi connectivity index (χ4v) is 5.83. The summed E-state index contributed by atoms with van der Waals surface area (Å²) in [6.45, 7) is 1.43.